The lowest BCUT2D eigenvalue weighted by atomic mass is 10.2. The van der Waals surface area contributed by atoms with Gasteiger partial charge in [-0.15, -0.1) is 0 Å². The first-order valence-corrected chi connectivity index (χ1v) is 5.96. The Morgan fingerprint density at radius 3 is 2.57 bits per heavy atom. The number of benzene rings is 2. The zero-order valence-electron chi connectivity index (χ0n) is 10.8. The maximum atomic E-state index is 13.3. The second-order valence-electron chi connectivity index (χ2n) is 4.10. The summed E-state index contributed by atoms with van der Waals surface area (Å²) < 4.78 is 31.4. The highest BCUT2D eigenvalue weighted by Crippen LogP contribution is 2.15. The number of ether oxygens (including phenoxy) is 1. The first-order chi connectivity index (χ1) is 10.1. The average Bonchev–Trinajstić information content (AvgIpc) is 2.49. The molecular formula is C15H10F2N2O2. The number of hydrogen-bond donors (Lipinski definition) is 1. The van der Waals surface area contributed by atoms with E-state index in [1.54, 1.807) is 12.1 Å². The third-order valence-electron chi connectivity index (χ3n) is 2.56. The first-order valence-electron chi connectivity index (χ1n) is 5.96. The number of amides is 1. The predicted octanol–water partition coefficient (Wildman–Crippen LogP) is 2.85. The SMILES string of the molecule is N#Cc1ccc(OCC(=O)Nc2cc(F)ccc2F)cc1. The second-order valence-corrected chi connectivity index (χ2v) is 4.10. The van der Waals surface area contributed by atoms with E-state index in [0.29, 0.717) is 11.3 Å². The van der Waals surface area contributed by atoms with E-state index in [2.05, 4.69) is 5.32 Å². The van der Waals surface area contributed by atoms with Crippen molar-refractivity contribution in [3.63, 3.8) is 0 Å². The second kappa shape index (κ2) is 6.48. The number of carbonyl (C=O) groups is 1. The molecule has 0 aliphatic heterocycles. The Labute approximate surface area is 119 Å². The summed E-state index contributed by atoms with van der Waals surface area (Å²) in [4.78, 5) is 11.6. The Bertz CT molecular complexity index is 694. The molecule has 0 heterocycles. The number of halogens is 2. The van der Waals surface area contributed by atoms with Crippen molar-refractivity contribution in [3.05, 3.63) is 59.7 Å². The minimum absolute atomic E-state index is 0.247. The standard InChI is InChI=1S/C15H10F2N2O2/c16-11-3-6-13(17)14(7-11)19-15(20)9-21-12-4-1-10(8-18)2-5-12/h1-7H,9H2,(H,19,20). The van der Waals surface area contributed by atoms with Crippen LogP contribution in [0.4, 0.5) is 14.5 Å². The fourth-order valence-electron chi connectivity index (χ4n) is 1.55. The van der Waals surface area contributed by atoms with E-state index < -0.39 is 17.5 Å². The molecule has 21 heavy (non-hydrogen) atoms. The number of hydrogen-bond acceptors (Lipinski definition) is 3. The Morgan fingerprint density at radius 2 is 1.90 bits per heavy atom. The van der Waals surface area contributed by atoms with Gasteiger partial charge in [0.2, 0.25) is 0 Å². The molecule has 0 radical (unpaired) electrons. The van der Waals surface area contributed by atoms with Gasteiger partial charge in [0.25, 0.3) is 5.91 Å². The van der Waals surface area contributed by atoms with Gasteiger partial charge >= 0.3 is 0 Å². The average molecular weight is 288 g/mol. The fourth-order valence-corrected chi connectivity index (χ4v) is 1.55. The van der Waals surface area contributed by atoms with Gasteiger partial charge in [-0.25, -0.2) is 8.78 Å². The summed E-state index contributed by atoms with van der Waals surface area (Å²) in [6.07, 6.45) is 0. The van der Waals surface area contributed by atoms with Gasteiger partial charge in [-0.1, -0.05) is 0 Å². The molecule has 1 N–H and O–H groups in total. The largest absolute Gasteiger partial charge is 0.484 e. The molecule has 1 amide bonds. The lowest BCUT2D eigenvalue weighted by Crippen LogP contribution is -2.20. The summed E-state index contributed by atoms with van der Waals surface area (Å²) in [6, 6.07) is 10.9. The van der Waals surface area contributed by atoms with Crippen molar-refractivity contribution in [2.24, 2.45) is 0 Å². The van der Waals surface area contributed by atoms with Crippen LogP contribution in [0, 0.1) is 23.0 Å². The summed E-state index contributed by atoms with van der Waals surface area (Å²) in [5.41, 5.74) is 0.220. The summed E-state index contributed by atoms with van der Waals surface area (Å²) in [7, 11) is 0. The number of nitrogens with zero attached hydrogens (tertiary/aromatic N) is 1. The normalized spacial score (nSPS) is 9.76. The Hall–Kier alpha value is -2.94. The van der Waals surface area contributed by atoms with Crippen molar-refractivity contribution in [2.75, 3.05) is 11.9 Å². The molecule has 0 aromatic heterocycles. The van der Waals surface area contributed by atoms with Crippen LogP contribution in [0.2, 0.25) is 0 Å². The topological polar surface area (TPSA) is 62.1 Å². The van der Waals surface area contributed by atoms with Crippen LogP contribution in [-0.4, -0.2) is 12.5 Å². The van der Waals surface area contributed by atoms with E-state index in [4.69, 9.17) is 10.00 Å². The number of anilines is 1. The van der Waals surface area contributed by atoms with Gasteiger partial charge in [0, 0.05) is 6.07 Å². The molecule has 2 rings (SSSR count). The molecule has 0 saturated carbocycles. The summed E-state index contributed by atoms with van der Waals surface area (Å²) in [5, 5.41) is 10.9. The molecule has 0 fully saturated rings. The van der Waals surface area contributed by atoms with Gasteiger partial charge in [0.05, 0.1) is 17.3 Å². The quantitative estimate of drug-likeness (QED) is 0.941. The lowest BCUT2D eigenvalue weighted by molar-refractivity contribution is -0.118. The summed E-state index contributed by atoms with van der Waals surface area (Å²) in [6.45, 7) is -0.359. The van der Waals surface area contributed by atoms with Crippen LogP contribution in [0.25, 0.3) is 0 Å². The molecule has 6 heteroatoms. The van der Waals surface area contributed by atoms with E-state index in [9.17, 15) is 13.6 Å². The van der Waals surface area contributed by atoms with Gasteiger partial charge in [-0.2, -0.15) is 5.26 Å². The van der Waals surface area contributed by atoms with Crippen molar-refractivity contribution in [3.8, 4) is 11.8 Å². The molecular weight excluding hydrogens is 278 g/mol. The van der Waals surface area contributed by atoms with Crippen LogP contribution in [0.5, 0.6) is 5.75 Å². The van der Waals surface area contributed by atoms with Crippen molar-refractivity contribution >= 4 is 11.6 Å². The molecule has 2 aromatic carbocycles. The lowest BCUT2D eigenvalue weighted by Gasteiger charge is -2.08. The summed E-state index contributed by atoms with van der Waals surface area (Å²) >= 11 is 0. The first kappa shape index (κ1) is 14.5. The third kappa shape index (κ3) is 4.01. The van der Waals surface area contributed by atoms with Gasteiger partial charge in [-0.3, -0.25) is 4.79 Å². The molecule has 0 saturated heterocycles. The zero-order valence-corrected chi connectivity index (χ0v) is 10.8. The molecule has 0 aliphatic rings. The summed E-state index contributed by atoms with van der Waals surface area (Å²) in [5.74, 6) is -1.62. The van der Waals surface area contributed by atoms with Gasteiger partial charge < -0.3 is 10.1 Å². The highest BCUT2D eigenvalue weighted by molar-refractivity contribution is 5.91. The van der Waals surface area contributed by atoms with Crippen molar-refractivity contribution in [2.45, 2.75) is 0 Å². The Kier molecular flexibility index (Phi) is 4.46. The van der Waals surface area contributed by atoms with Crippen molar-refractivity contribution in [1.82, 2.24) is 0 Å². The minimum atomic E-state index is -0.733. The number of nitrogens with one attached hydrogen (secondary N) is 1. The van der Waals surface area contributed by atoms with E-state index in [0.717, 1.165) is 18.2 Å². The molecule has 0 unspecified atom stereocenters. The smallest absolute Gasteiger partial charge is 0.262 e. The zero-order chi connectivity index (χ0) is 15.2. The van der Waals surface area contributed by atoms with E-state index in [1.807, 2.05) is 6.07 Å². The fraction of sp³-hybridized carbons (Fsp3) is 0.0667. The van der Waals surface area contributed by atoms with Crippen molar-refractivity contribution < 1.29 is 18.3 Å². The number of carbonyl (C=O) groups excluding carboxylic acids is 1. The van der Waals surface area contributed by atoms with Crippen LogP contribution in [0.3, 0.4) is 0 Å². The highest BCUT2D eigenvalue weighted by Gasteiger charge is 2.09. The monoisotopic (exact) mass is 288 g/mol. The molecule has 0 bridgehead atoms. The molecule has 4 nitrogen and oxygen atoms in total. The van der Waals surface area contributed by atoms with Crippen LogP contribution < -0.4 is 10.1 Å². The Morgan fingerprint density at radius 1 is 1.19 bits per heavy atom. The van der Waals surface area contributed by atoms with Crippen molar-refractivity contribution in [1.29, 1.82) is 5.26 Å². The predicted molar refractivity (Wildman–Crippen MR) is 71.6 cm³/mol. The highest BCUT2D eigenvalue weighted by atomic mass is 19.1. The molecule has 106 valence electrons. The Balaban J connectivity index is 1.92. The van der Waals surface area contributed by atoms with Gasteiger partial charge in [-0.05, 0) is 36.4 Å². The van der Waals surface area contributed by atoms with Crippen LogP contribution in [0.1, 0.15) is 5.56 Å². The molecule has 0 atom stereocenters. The van der Waals surface area contributed by atoms with E-state index >= 15 is 0 Å². The number of rotatable bonds is 4. The van der Waals surface area contributed by atoms with Crippen LogP contribution in [-0.2, 0) is 4.79 Å². The van der Waals surface area contributed by atoms with Crippen LogP contribution >= 0.6 is 0 Å². The van der Waals surface area contributed by atoms with Crippen LogP contribution in [0.15, 0.2) is 42.5 Å². The maximum Gasteiger partial charge on any atom is 0.262 e. The molecule has 0 aliphatic carbocycles. The third-order valence-corrected chi connectivity index (χ3v) is 2.56. The maximum absolute atomic E-state index is 13.3. The van der Waals surface area contributed by atoms with E-state index in [-0.39, 0.29) is 12.3 Å². The van der Waals surface area contributed by atoms with Gasteiger partial charge in [0.1, 0.15) is 17.4 Å². The van der Waals surface area contributed by atoms with E-state index in [1.165, 1.54) is 12.1 Å². The minimum Gasteiger partial charge on any atom is -0.484 e. The molecule has 2 aromatic rings. The number of nitriles is 1. The van der Waals surface area contributed by atoms with Gasteiger partial charge in [0.15, 0.2) is 6.61 Å². The molecule has 0 spiro atoms.